The van der Waals surface area contributed by atoms with Crippen LogP contribution in [0.25, 0.3) is 0 Å². The highest BCUT2D eigenvalue weighted by molar-refractivity contribution is 5.84. The summed E-state index contributed by atoms with van der Waals surface area (Å²) in [7, 11) is 0. The second-order valence-corrected chi connectivity index (χ2v) is 4.86. The van der Waals surface area contributed by atoms with E-state index in [1.54, 1.807) is 0 Å². The zero-order valence-electron chi connectivity index (χ0n) is 12.2. The van der Waals surface area contributed by atoms with Gasteiger partial charge in [-0.25, -0.2) is 4.79 Å². The monoisotopic (exact) mass is 262 g/mol. The number of benzene rings is 1. The van der Waals surface area contributed by atoms with Crippen LogP contribution in [0.1, 0.15) is 51.0 Å². The van der Waals surface area contributed by atoms with Gasteiger partial charge in [-0.3, -0.25) is 0 Å². The molecular formula is C17H26O2. The third kappa shape index (κ3) is 12.7. The predicted molar refractivity (Wildman–Crippen MR) is 81.3 cm³/mol. The number of aliphatic carboxylic acids is 1. The molecule has 2 rings (SSSR count). The number of hydrogen-bond acceptors (Lipinski definition) is 1. The smallest absolute Gasteiger partial charge is 0.330 e. The van der Waals surface area contributed by atoms with E-state index in [0.29, 0.717) is 0 Å². The molecule has 1 aliphatic carbocycles. The Hall–Kier alpha value is -1.57. The van der Waals surface area contributed by atoms with E-state index in [9.17, 15) is 4.79 Å². The van der Waals surface area contributed by atoms with Gasteiger partial charge in [0.05, 0.1) is 0 Å². The fourth-order valence-electron chi connectivity index (χ4n) is 1.60. The lowest BCUT2D eigenvalue weighted by Crippen LogP contribution is -1.92. The van der Waals surface area contributed by atoms with E-state index in [0.717, 1.165) is 0 Å². The van der Waals surface area contributed by atoms with Crippen molar-refractivity contribution >= 4 is 5.97 Å². The lowest BCUT2D eigenvalue weighted by atomic mass is 10.0. The zero-order valence-corrected chi connectivity index (χ0v) is 12.2. The van der Waals surface area contributed by atoms with Gasteiger partial charge in [0.1, 0.15) is 0 Å². The van der Waals surface area contributed by atoms with Crippen molar-refractivity contribution in [3.8, 4) is 0 Å². The van der Waals surface area contributed by atoms with Gasteiger partial charge in [-0.15, -0.1) is 0 Å². The molecule has 0 bridgehead atoms. The summed E-state index contributed by atoms with van der Waals surface area (Å²) in [5.74, 6) is -0.935. The van der Waals surface area contributed by atoms with Crippen LogP contribution in [0.15, 0.2) is 42.5 Å². The van der Waals surface area contributed by atoms with Gasteiger partial charge in [-0.1, -0.05) is 81.0 Å². The largest absolute Gasteiger partial charge is 0.478 e. The highest BCUT2D eigenvalue weighted by Crippen LogP contribution is 2.15. The molecule has 0 aromatic heterocycles. The Bertz CT molecular complexity index is 327. The first kappa shape index (κ1) is 17.4. The summed E-state index contributed by atoms with van der Waals surface area (Å²) in [5.41, 5.74) is 1.50. The summed E-state index contributed by atoms with van der Waals surface area (Å²) in [6, 6.07) is 10.3. The van der Waals surface area contributed by atoms with Crippen molar-refractivity contribution in [3.05, 3.63) is 48.0 Å². The fraction of sp³-hybridized carbons (Fsp3) is 0.471. The van der Waals surface area contributed by atoms with Crippen molar-refractivity contribution in [2.45, 2.75) is 52.4 Å². The van der Waals surface area contributed by atoms with E-state index in [4.69, 9.17) is 5.11 Å². The Morgan fingerprint density at radius 2 is 1.32 bits per heavy atom. The molecule has 1 aromatic carbocycles. The molecule has 2 heteroatoms. The first-order valence-corrected chi connectivity index (χ1v) is 6.94. The molecule has 0 saturated heterocycles. The van der Waals surface area contributed by atoms with Crippen molar-refractivity contribution in [1.82, 2.24) is 0 Å². The molecule has 0 atom stereocenters. The summed E-state index contributed by atoms with van der Waals surface area (Å²) in [6.07, 6.45) is 9.00. The molecule has 0 spiro atoms. The molecule has 2 nitrogen and oxygen atoms in total. The minimum absolute atomic E-state index is 0.176. The minimum atomic E-state index is -0.935. The molecule has 0 radical (unpaired) electrons. The number of carbonyl (C=O) groups is 1. The van der Waals surface area contributed by atoms with E-state index in [2.05, 4.69) is 25.6 Å². The lowest BCUT2D eigenvalue weighted by Gasteiger charge is -2.05. The van der Waals surface area contributed by atoms with Crippen molar-refractivity contribution in [2.75, 3.05) is 0 Å². The molecule has 1 aliphatic rings. The van der Waals surface area contributed by atoms with Gasteiger partial charge in [0, 0.05) is 5.57 Å². The van der Waals surface area contributed by atoms with Crippen molar-refractivity contribution in [3.63, 3.8) is 0 Å². The Kier molecular flexibility index (Phi) is 10.6. The van der Waals surface area contributed by atoms with Crippen LogP contribution in [-0.4, -0.2) is 11.1 Å². The maximum absolute atomic E-state index is 9.60. The second-order valence-electron chi connectivity index (χ2n) is 4.86. The Labute approximate surface area is 117 Å². The van der Waals surface area contributed by atoms with Crippen LogP contribution < -0.4 is 0 Å². The van der Waals surface area contributed by atoms with Gasteiger partial charge in [0.25, 0.3) is 0 Å². The van der Waals surface area contributed by atoms with Gasteiger partial charge in [0.2, 0.25) is 0 Å². The van der Waals surface area contributed by atoms with E-state index >= 15 is 0 Å². The molecule has 0 heterocycles. The first-order valence-electron chi connectivity index (χ1n) is 6.94. The molecule has 1 N–H and O–H groups in total. The van der Waals surface area contributed by atoms with Crippen molar-refractivity contribution < 1.29 is 9.90 Å². The van der Waals surface area contributed by atoms with E-state index in [1.807, 2.05) is 18.2 Å². The van der Waals surface area contributed by atoms with Crippen LogP contribution in [0.5, 0.6) is 0 Å². The summed E-state index contributed by atoms with van der Waals surface area (Å²) >= 11 is 0. The lowest BCUT2D eigenvalue weighted by molar-refractivity contribution is -0.132. The Morgan fingerprint density at radius 3 is 1.47 bits per heavy atom. The Morgan fingerprint density at radius 1 is 1.00 bits per heavy atom. The highest BCUT2D eigenvalue weighted by atomic mass is 16.4. The molecule has 1 fully saturated rings. The van der Waals surface area contributed by atoms with Crippen LogP contribution >= 0.6 is 0 Å². The SMILES string of the molecule is C1CCCCC1.C=C(C)C(=O)O.Cc1ccccc1. The number of carboxylic acid groups (broad SMARTS) is 1. The summed E-state index contributed by atoms with van der Waals surface area (Å²) in [5, 5.41) is 7.89. The average molecular weight is 262 g/mol. The number of hydrogen-bond donors (Lipinski definition) is 1. The number of rotatable bonds is 1. The Balaban J connectivity index is 0.000000257. The molecule has 0 unspecified atom stereocenters. The van der Waals surface area contributed by atoms with Gasteiger partial charge in [-0.2, -0.15) is 0 Å². The molecule has 1 aromatic rings. The van der Waals surface area contributed by atoms with Crippen LogP contribution in [-0.2, 0) is 4.79 Å². The molecule has 106 valence electrons. The number of aryl methyl sites for hydroxylation is 1. The van der Waals surface area contributed by atoms with Gasteiger partial charge in [0.15, 0.2) is 0 Å². The third-order valence-electron chi connectivity index (χ3n) is 2.81. The van der Waals surface area contributed by atoms with Gasteiger partial charge in [-0.05, 0) is 13.8 Å². The zero-order chi connectivity index (χ0) is 14.5. The second kappa shape index (κ2) is 11.5. The normalized spacial score (nSPS) is 13.2. The van der Waals surface area contributed by atoms with Crippen LogP contribution in [0.3, 0.4) is 0 Å². The summed E-state index contributed by atoms with van der Waals surface area (Å²) < 4.78 is 0. The van der Waals surface area contributed by atoms with Crippen LogP contribution in [0, 0.1) is 6.92 Å². The molecular weight excluding hydrogens is 236 g/mol. The van der Waals surface area contributed by atoms with E-state index in [1.165, 1.54) is 51.0 Å². The topological polar surface area (TPSA) is 37.3 Å². The standard InChI is InChI=1S/C7H8.C6H12.C4H6O2/c1-7-5-3-2-4-6-7;1-2-4-6-5-3-1;1-3(2)4(5)6/h2-6H,1H3;1-6H2;1H2,2H3,(H,5,6). The first-order chi connectivity index (χ1) is 9.04. The average Bonchev–Trinajstić information content (AvgIpc) is 2.43. The van der Waals surface area contributed by atoms with Gasteiger partial charge >= 0.3 is 5.97 Å². The highest BCUT2D eigenvalue weighted by Gasteiger charge is 1.95. The van der Waals surface area contributed by atoms with Crippen LogP contribution in [0.2, 0.25) is 0 Å². The third-order valence-corrected chi connectivity index (χ3v) is 2.81. The van der Waals surface area contributed by atoms with E-state index < -0.39 is 5.97 Å². The van der Waals surface area contributed by atoms with Crippen molar-refractivity contribution in [1.29, 1.82) is 0 Å². The quantitative estimate of drug-likeness (QED) is 0.724. The van der Waals surface area contributed by atoms with Crippen molar-refractivity contribution in [2.24, 2.45) is 0 Å². The summed E-state index contributed by atoms with van der Waals surface area (Å²) in [6.45, 7) is 6.69. The van der Waals surface area contributed by atoms with E-state index in [-0.39, 0.29) is 5.57 Å². The summed E-state index contributed by atoms with van der Waals surface area (Å²) in [4.78, 5) is 9.60. The van der Waals surface area contributed by atoms with Crippen LogP contribution in [0.4, 0.5) is 0 Å². The number of carboxylic acids is 1. The maximum atomic E-state index is 9.60. The van der Waals surface area contributed by atoms with Gasteiger partial charge < -0.3 is 5.11 Å². The fourth-order valence-corrected chi connectivity index (χ4v) is 1.60. The molecule has 1 saturated carbocycles. The molecule has 0 aliphatic heterocycles. The maximum Gasteiger partial charge on any atom is 0.330 e. The predicted octanol–water partition coefficient (Wildman–Crippen LogP) is 4.98. The minimum Gasteiger partial charge on any atom is -0.478 e. The molecule has 0 amide bonds. The molecule has 19 heavy (non-hydrogen) atoms.